The number of hydrogen-bond donors (Lipinski definition) is 4. The molecule has 12 nitrogen and oxygen atoms in total. The molecule has 6 N–H and O–H groups in total. The molecule has 58 heavy (non-hydrogen) atoms. The molecule has 1 aliphatic rings. The molecule has 0 aromatic heterocycles. The number of carbonyl (C=O) groups excluding carboxylic acids is 2. The van der Waals surface area contributed by atoms with E-state index in [2.05, 4.69) is 50.1 Å². The number of aliphatic carboxylic acids is 1. The molecule has 0 radical (unpaired) electrons. The third kappa shape index (κ3) is 26.4. The highest BCUT2D eigenvalue weighted by Crippen LogP contribution is 2.31. The lowest BCUT2D eigenvalue weighted by Gasteiger charge is -2.37. The van der Waals surface area contributed by atoms with E-state index >= 15 is 0 Å². The van der Waals surface area contributed by atoms with Crippen LogP contribution in [0.25, 0.3) is 0 Å². The number of carboxylic acid groups (broad SMARTS) is 1. The van der Waals surface area contributed by atoms with Crippen LogP contribution in [-0.4, -0.2) is 90.8 Å². The van der Waals surface area contributed by atoms with Gasteiger partial charge in [-0.3, -0.25) is 19.8 Å². The number of piperidine rings is 1. The average molecular weight is 837 g/mol. The normalized spacial score (nSPS) is 14.2. The topological polar surface area (TPSA) is 196 Å². The van der Waals surface area contributed by atoms with Crippen molar-refractivity contribution in [2.45, 2.75) is 144 Å². The Kier molecular flexibility index (Phi) is 33.3. The average Bonchev–Trinajstić information content (AvgIpc) is 3.18. The molecule has 1 aliphatic heterocycles. The van der Waals surface area contributed by atoms with Crippen LogP contribution in [0.3, 0.4) is 0 Å². The van der Waals surface area contributed by atoms with Gasteiger partial charge in [-0.05, 0) is 114 Å². The first kappa shape index (κ1) is 56.4. The van der Waals surface area contributed by atoms with E-state index in [0.717, 1.165) is 50.6 Å². The quantitative estimate of drug-likeness (QED) is 0.0218. The number of ether oxygens (including phenoxy) is 2. The van der Waals surface area contributed by atoms with Crippen molar-refractivity contribution in [2.75, 3.05) is 46.1 Å². The van der Waals surface area contributed by atoms with Crippen molar-refractivity contribution in [3.63, 3.8) is 0 Å². The van der Waals surface area contributed by atoms with Crippen LogP contribution in [-0.2, 0) is 30.3 Å². The predicted molar refractivity (Wildman–Crippen MR) is 237 cm³/mol. The van der Waals surface area contributed by atoms with Gasteiger partial charge in [0, 0.05) is 32.0 Å². The summed E-state index contributed by atoms with van der Waals surface area (Å²) in [7, 11) is 3.51. The lowest BCUT2D eigenvalue weighted by Crippen LogP contribution is -2.46. The maximum absolute atomic E-state index is 14.1. The number of allylic oxidation sites excluding steroid dienone is 1. The highest BCUT2D eigenvalue weighted by molar-refractivity contribution is 8.16. The number of likely N-dealkylation sites (tertiary alicyclic amines) is 1. The number of nitrogens with one attached hydrogen (secondary N) is 1. The largest absolute Gasteiger partial charge is 0.481 e. The molecule has 1 fully saturated rings. The van der Waals surface area contributed by atoms with Gasteiger partial charge in [0.1, 0.15) is 11.9 Å². The minimum Gasteiger partial charge on any atom is -0.481 e. The zero-order valence-corrected chi connectivity index (χ0v) is 37.9. The van der Waals surface area contributed by atoms with Gasteiger partial charge in [-0.1, -0.05) is 83.7 Å². The monoisotopic (exact) mass is 837 g/mol. The van der Waals surface area contributed by atoms with E-state index in [1.165, 1.54) is 69.6 Å². The Morgan fingerprint density at radius 2 is 1.72 bits per heavy atom. The number of carboxylic acids is 1. The number of nitrogens with zero attached hydrogens (tertiary/aromatic N) is 3. The Bertz CT molecular complexity index is 1350. The number of primary amides is 1. The maximum Gasteiger partial charge on any atom is 0.309 e. The molecule has 1 heterocycles. The molecule has 0 saturated carbocycles. The van der Waals surface area contributed by atoms with Crippen molar-refractivity contribution in [1.82, 2.24) is 9.80 Å². The molecular weight excluding hydrogens is 760 g/mol. The summed E-state index contributed by atoms with van der Waals surface area (Å²) < 4.78 is 24.1. The van der Waals surface area contributed by atoms with Gasteiger partial charge in [0.05, 0.1) is 23.3 Å². The first-order valence-corrected chi connectivity index (χ1v) is 21.7. The third-order valence-corrected chi connectivity index (χ3v) is 10.5. The van der Waals surface area contributed by atoms with Gasteiger partial charge < -0.3 is 35.8 Å². The second-order valence-corrected chi connectivity index (χ2v) is 16.5. The number of amides is 2. The van der Waals surface area contributed by atoms with Crippen LogP contribution in [0.5, 0.6) is 0 Å². The fourth-order valence-electron chi connectivity index (χ4n) is 6.39. The third-order valence-electron chi connectivity index (χ3n) is 9.73. The van der Waals surface area contributed by atoms with E-state index in [9.17, 15) is 19.1 Å². The van der Waals surface area contributed by atoms with E-state index < -0.39 is 23.3 Å². The molecule has 3 atom stereocenters. The molecule has 332 valence electrons. The van der Waals surface area contributed by atoms with Crippen LogP contribution in [0.2, 0.25) is 0 Å². The maximum atomic E-state index is 14.1. The molecule has 1 aromatic rings. The number of unbranched alkanes of at least 4 members (excludes halogenated alkanes) is 4. The van der Waals surface area contributed by atoms with Crippen LogP contribution in [0.4, 0.5) is 10.1 Å². The molecule has 0 aliphatic carbocycles. The number of nitriles is 1. The first-order valence-electron chi connectivity index (χ1n) is 20.9. The van der Waals surface area contributed by atoms with Crippen molar-refractivity contribution in [1.29, 1.82) is 10.7 Å². The lowest BCUT2D eigenvalue weighted by atomic mass is 9.80. The second-order valence-electron chi connectivity index (χ2n) is 15.6. The van der Waals surface area contributed by atoms with Crippen molar-refractivity contribution in [3.8, 4) is 6.26 Å². The predicted octanol–water partition coefficient (Wildman–Crippen LogP) is 9.03. The Labute approximate surface area is 354 Å². The highest BCUT2D eigenvalue weighted by atomic mass is 32.2. The number of hydrogen-bond acceptors (Lipinski definition) is 10. The van der Waals surface area contributed by atoms with Crippen molar-refractivity contribution >= 4 is 40.8 Å². The number of methoxy groups -OCH3 is 1. The lowest BCUT2D eigenvalue weighted by molar-refractivity contribution is -0.147. The molecule has 1 saturated heterocycles. The number of thioether (sulfide) groups is 1. The summed E-state index contributed by atoms with van der Waals surface area (Å²) in [6.07, 6.45) is 15.4. The first-order chi connectivity index (χ1) is 27.5. The minimum absolute atomic E-state index is 0.0491. The Hall–Kier alpha value is -3.67. The van der Waals surface area contributed by atoms with Crippen LogP contribution in [0.15, 0.2) is 29.7 Å². The van der Waals surface area contributed by atoms with Gasteiger partial charge in [0.2, 0.25) is 12.3 Å². The molecular formula is C44H77FN6O6S. The van der Waals surface area contributed by atoms with Crippen molar-refractivity contribution in [2.24, 2.45) is 23.0 Å². The smallest absolute Gasteiger partial charge is 0.309 e. The summed E-state index contributed by atoms with van der Waals surface area (Å²) >= 11 is 1.25. The SMILES string of the molecule is CCCCCCN(C(=O)CCCC)C(CC(OCC)C(=N)S/C=C/C(Cc1ccc(N)c(F)c1)CC(C)(C)C(=O)O)C(C)C.CN1CCCCC1.COC#N.NC=O. The summed E-state index contributed by atoms with van der Waals surface area (Å²) in [5.41, 5.74) is 9.63. The van der Waals surface area contributed by atoms with Crippen LogP contribution in [0, 0.1) is 40.0 Å². The standard InChI is InChI=1S/C35H58FN3O4S.C6H13N.C2H3NO.CH3NO/c1-8-11-13-14-19-39(32(40)15-12-9-2)30(25(4)5)23-31(43-10-3)33(38)44-20-18-27(24-35(6,7)34(41)42)21-26-16-17-29(37)28(36)22-26;1-7-5-3-2-4-6-7;1-4-2-3;2-1-3/h16-18,20,22,25,27,30-31,38H,8-15,19,21,23-24,37H2,1-7H3,(H,41,42);2-6H2,1H3;1H3;1H,(H2,2,3)/b20-18+,38-33?;;;. The van der Waals surface area contributed by atoms with Gasteiger partial charge in [-0.2, -0.15) is 5.26 Å². The minimum atomic E-state index is -0.983. The van der Waals surface area contributed by atoms with Crippen molar-refractivity contribution in [3.05, 3.63) is 41.1 Å². The number of anilines is 1. The molecule has 0 spiro atoms. The molecule has 2 amide bonds. The summed E-state index contributed by atoms with van der Waals surface area (Å²) in [6, 6.07) is 4.63. The summed E-state index contributed by atoms with van der Waals surface area (Å²) in [5, 5.41) is 28.2. The van der Waals surface area contributed by atoms with Crippen LogP contribution < -0.4 is 11.5 Å². The van der Waals surface area contributed by atoms with Crippen LogP contribution in [0.1, 0.15) is 131 Å². The number of rotatable bonds is 22. The zero-order chi connectivity index (χ0) is 44.5. The van der Waals surface area contributed by atoms with Crippen molar-refractivity contribution < 1.29 is 33.4 Å². The molecule has 1 aromatic carbocycles. The number of halogens is 1. The van der Waals surface area contributed by atoms with E-state index in [1.54, 1.807) is 19.9 Å². The molecule has 3 unspecified atom stereocenters. The molecule has 14 heteroatoms. The Balaban J connectivity index is 0. The van der Waals surface area contributed by atoms with E-state index in [1.807, 2.05) is 23.3 Å². The number of benzene rings is 1. The summed E-state index contributed by atoms with van der Waals surface area (Å²) in [4.78, 5) is 38.3. The summed E-state index contributed by atoms with van der Waals surface area (Å²) in [5.74, 6) is -1.21. The van der Waals surface area contributed by atoms with Gasteiger partial charge in [-0.15, -0.1) is 0 Å². The number of carbonyl (C=O) groups is 3. The van der Waals surface area contributed by atoms with E-state index in [0.29, 0.717) is 37.3 Å². The van der Waals surface area contributed by atoms with Gasteiger partial charge in [0.25, 0.3) is 6.26 Å². The number of nitrogens with two attached hydrogens (primary N) is 2. The molecule has 2 rings (SSSR count). The van der Waals surface area contributed by atoms with E-state index in [4.69, 9.17) is 25.9 Å². The zero-order valence-electron chi connectivity index (χ0n) is 37.1. The molecule has 0 bridgehead atoms. The van der Waals surface area contributed by atoms with Gasteiger partial charge in [-0.25, -0.2) is 4.39 Å². The second kappa shape index (κ2) is 34.2. The Morgan fingerprint density at radius 3 is 2.19 bits per heavy atom. The van der Waals surface area contributed by atoms with Gasteiger partial charge in [0.15, 0.2) is 0 Å². The fourth-order valence-corrected chi connectivity index (χ4v) is 7.15. The highest BCUT2D eigenvalue weighted by Gasteiger charge is 2.32. The summed E-state index contributed by atoms with van der Waals surface area (Å²) in [6.45, 7) is 17.6. The number of nitrogen functional groups attached to an aromatic ring is 1. The fraction of sp³-hybridized carbons (Fsp3) is 0.705. The van der Waals surface area contributed by atoms with Gasteiger partial charge >= 0.3 is 5.97 Å². The van der Waals surface area contributed by atoms with Crippen LogP contribution >= 0.6 is 11.8 Å². The Morgan fingerprint density at radius 1 is 1.12 bits per heavy atom. The van der Waals surface area contributed by atoms with E-state index in [-0.39, 0.29) is 35.9 Å².